The first-order valence-electron chi connectivity index (χ1n) is 8.41. The van der Waals surface area contributed by atoms with E-state index in [0.29, 0.717) is 32.7 Å². The van der Waals surface area contributed by atoms with Crippen LogP contribution in [0.3, 0.4) is 0 Å². The summed E-state index contributed by atoms with van der Waals surface area (Å²) in [6.45, 7) is 8.38. The third-order valence-corrected chi connectivity index (χ3v) is 4.47. The molecule has 1 aromatic rings. The average molecular weight is 365 g/mol. The van der Waals surface area contributed by atoms with Crippen LogP contribution in [-0.4, -0.2) is 66.4 Å². The fraction of sp³-hybridized carbons (Fsp3) is 0.556. The third kappa shape index (κ3) is 6.59. The average Bonchev–Trinajstić information content (AvgIpc) is 2.54. The van der Waals surface area contributed by atoms with Crippen LogP contribution in [-0.2, 0) is 9.53 Å². The molecule has 1 N–H and O–H groups in total. The summed E-state index contributed by atoms with van der Waals surface area (Å²) in [6, 6.07) is 7.79. The summed E-state index contributed by atoms with van der Waals surface area (Å²) < 4.78 is 5.38. The lowest BCUT2D eigenvalue weighted by molar-refractivity contribution is -0.117. The van der Waals surface area contributed by atoms with E-state index < -0.39 is 5.60 Å². The summed E-state index contributed by atoms with van der Waals surface area (Å²) in [7, 11) is 0. The number of amides is 2. The number of carbonyl (C=O) groups is 2. The molecule has 1 aliphatic heterocycles. The number of anilines is 1. The molecule has 1 heterocycles. The van der Waals surface area contributed by atoms with Crippen molar-refractivity contribution in [2.24, 2.45) is 0 Å². The highest BCUT2D eigenvalue weighted by Crippen LogP contribution is 2.19. The van der Waals surface area contributed by atoms with Crippen molar-refractivity contribution in [1.82, 2.24) is 9.80 Å². The number of ether oxygens (including phenoxy) is 1. The van der Waals surface area contributed by atoms with E-state index >= 15 is 0 Å². The van der Waals surface area contributed by atoms with Crippen molar-refractivity contribution >= 4 is 29.4 Å². The summed E-state index contributed by atoms with van der Waals surface area (Å²) >= 11 is 1.64. The highest BCUT2D eigenvalue weighted by molar-refractivity contribution is 7.98. The number of rotatable bonds is 4. The molecule has 0 aromatic heterocycles. The Labute approximate surface area is 153 Å². The van der Waals surface area contributed by atoms with E-state index in [1.54, 1.807) is 16.7 Å². The molecule has 7 heteroatoms. The van der Waals surface area contributed by atoms with Crippen LogP contribution in [0.4, 0.5) is 10.5 Å². The second-order valence-corrected chi connectivity index (χ2v) is 7.90. The van der Waals surface area contributed by atoms with Crippen LogP contribution in [0, 0.1) is 0 Å². The smallest absolute Gasteiger partial charge is 0.410 e. The lowest BCUT2D eigenvalue weighted by Gasteiger charge is -2.35. The van der Waals surface area contributed by atoms with Crippen molar-refractivity contribution in [2.75, 3.05) is 44.3 Å². The third-order valence-electron chi connectivity index (χ3n) is 3.74. The van der Waals surface area contributed by atoms with Gasteiger partial charge in [0.2, 0.25) is 5.91 Å². The molecule has 1 aromatic carbocycles. The van der Waals surface area contributed by atoms with E-state index in [0.717, 1.165) is 10.6 Å². The molecule has 0 aliphatic carbocycles. The van der Waals surface area contributed by atoms with Crippen molar-refractivity contribution in [1.29, 1.82) is 0 Å². The first kappa shape index (κ1) is 19.6. The van der Waals surface area contributed by atoms with Gasteiger partial charge >= 0.3 is 6.09 Å². The minimum Gasteiger partial charge on any atom is -0.444 e. The number of nitrogens with zero attached hydrogens (tertiary/aromatic N) is 2. The highest BCUT2D eigenvalue weighted by Gasteiger charge is 2.26. The van der Waals surface area contributed by atoms with Crippen LogP contribution >= 0.6 is 11.8 Å². The second-order valence-electron chi connectivity index (χ2n) is 7.02. The van der Waals surface area contributed by atoms with Gasteiger partial charge in [0.1, 0.15) is 5.60 Å². The first-order valence-corrected chi connectivity index (χ1v) is 9.63. The Kier molecular flexibility index (Phi) is 6.72. The molecule has 6 nitrogen and oxygen atoms in total. The van der Waals surface area contributed by atoms with Crippen molar-refractivity contribution in [3.05, 3.63) is 24.3 Å². The van der Waals surface area contributed by atoms with Gasteiger partial charge < -0.3 is 15.0 Å². The van der Waals surface area contributed by atoms with Crippen LogP contribution in [0.2, 0.25) is 0 Å². The van der Waals surface area contributed by atoms with Gasteiger partial charge in [-0.3, -0.25) is 9.69 Å². The molecule has 0 spiro atoms. The SMILES string of the molecule is CSc1cccc(NC(=O)CN2CCN(C(=O)OC(C)(C)C)CC2)c1. The summed E-state index contributed by atoms with van der Waals surface area (Å²) in [6.07, 6.45) is 1.72. The molecular weight excluding hydrogens is 338 g/mol. The number of piperazine rings is 1. The summed E-state index contributed by atoms with van der Waals surface area (Å²) in [4.78, 5) is 29.1. The molecule has 25 heavy (non-hydrogen) atoms. The Morgan fingerprint density at radius 1 is 1.20 bits per heavy atom. The molecule has 0 unspecified atom stereocenters. The number of hydrogen-bond acceptors (Lipinski definition) is 5. The largest absolute Gasteiger partial charge is 0.444 e. The maximum atomic E-state index is 12.2. The van der Waals surface area contributed by atoms with E-state index in [2.05, 4.69) is 10.2 Å². The Morgan fingerprint density at radius 3 is 2.48 bits per heavy atom. The van der Waals surface area contributed by atoms with E-state index in [9.17, 15) is 9.59 Å². The Hall–Kier alpha value is -1.73. The molecule has 138 valence electrons. The summed E-state index contributed by atoms with van der Waals surface area (Å²) in [5.41, 5.74) is 0.323. The van der Waals surface area contributed by atoms with Gasteiger partial charge in [-0.2, -0.15) is 0 Å². The Morgan fingerprint density at radius 2 is 1.88 bits per heavy atom. The van der Waals surface area contributed by atoms with Gasteiger partial charge in [0.25, 0.3) is 0 Å². The van der Waals surface area contributed by atoms with Crippen LogP contribution in [0.25, 0.3) is 0 Å². The van der Waals surface area contributed by atoms with Crippen LogP contribution in [0.15, 0.2) is 29.2 Å². The highest BCUT2D eigenvalue weighted by atomic mass is 32.2. The molecule has 0 saturated carbocycles. The quantitative estimate of drug-likeness (QED) is 0.832. The molecule has 0 radical (unpaired) electrons. The van der Waals surface area contributed by atoms with Gasteiger partial charge in [0.05, 0.1) is 6.54 Å². The number of hydrogen-bond donors (Lipinski definition) is 1. The van der Waals surface area contributed by atoms with E-state index in [1.165, 1.54) is 0 Å². The zero-order valence-corrected chi connectivity index (χ0v) is 16.2. The van der Waals surface area contributed by atoms with Crippen molar-refractivity contribution in [2.45, 2.75) is 31.3 Å². The van der Waals surface area contributed by atoms with Gasteiger partial charge in [0.15, 0.2) is 0 Å². The van der Waals surface area contributed by atoms with Gasteiger partial charge in [-0.25, -0.2) is 4.79 Å². The van der Waals surface area contributed by atoms with E-state index in [-0.39, 0.29) is 12.0 Å². The first-order chi connectivity index (χ1) is 11.8. The number of thioether (sulfide) groups is 1. The van der Waals surface area contributed by atoms with Gasteiger partial charge in [-0.05, 0) is 45.2 Å². The molecule has 2 rings (SSSR count). The van der Waals surface area contributed by atoms with E-state index in [1.807, 2.05) is 51.3 Å². The van der Waals surface area contributed by atoms with Gasteiger partial charge in [-0.1, -0.05) is 6.07 Å². The minimum absolute atomic E-state index is 0.0380. The molecule has 0 bridgehead atoms. The maximum Gasteiger partial charge on any atom is 0.410 e. The zero-order chi connectivity index (χ0) is 18.4. The fourth-order valence-corrected chi connectivity index (χ4v) is 2.98. The normalized spacial score (nSPS) is 15.8. The molecule has 1 fully saturated rings. The predicted octanol–water partition coefficient (Wildman–Crippen LogP) is 2.90. The number of benzene rings is 1. The zero-order valence-electron chi connectivity index (χ0n) is 15.4. The van der Waals surface area contributed by atoms with Crippen LogP contribution < -0.4 is 5.32 Å². The minimum atomic E-state index is -0.487. The van der Waals surface area contributed by atoms with Crippen molar-refractivity contribution in [3.63, 3.8) is 0 Å². The summed E-state index contributed by atoms with van der Waals surface area (Å²) in [5.74, 6) is -0.0380. The predicted molar refractivity (Wildman–Crippen MR) is 101 cm³/mol. The monoisotopic (exact) mass is 365 g/mol. The van der Waals surface area contributed by atoms with Crippen LogP contribution in [0.5, 0.6) is 0 Å². The van der Waals surface area contributed by atoms with Gasteiger partial charge in [-0.15, -0.1) is 11.8 Å². The van der Waals surface area contributed by atoms with Gasteiger partial charge in [0, 0.05) is 36.8 Å². The van der Waals surface area contributed by atoms with Crippen LogP contribution in [0.1, 0.15) is 20.8 Å². The maximum absolute atomic E-state index is 12.2. The summed E-state index contributed by atoms with van der Waals surface area (Å²) in [5, 5.41) is 2.93. The van der Waals surface area contributed by atoms with Crippen molar-refractivity contribution in [3.8, 4) is 0 Å². The lowest BCUT2D eigenvalue weighted by Crippen LogP contribution is -2.51. The molecule has 1 aliphatic rings. The lowest BCUT2D eigenvalue weighted by atomic mass is 10.2. The molecule has 2 amide bonds. The van der Waals surface area contributed by atoms with Crippen molar-refractivity contribution < 1.29 is 14.3 Å². The van der Waals surface area contributed by atoms with E-state index in [4.69, 9.17) is 4.74 Å². The topological polar surface area (TPSA) is 61.9 Å². The fourth-order valence-electron chi connectivity index (χ4n) is 2.52. The number of carbonyl (C=O) groups excluding carboxylic acids is 2. The molecular formula is C18H27N3O3S. The Bertz CT molecular complexity index is 608. The molecule has 0 atom stereocenters. The molecule has 1 saturated heterocycles. The Balaban J connectivity index is 1.77. The second kappa shape index (κ2) is 8.58. The standard InChI is InChI=1S/C18H27N3O3S/c1-18(2,3)24-17(23)21-10-8-20(9-11-21)13-16(22)19-14-6-5-7-15(12-14)25-4/h5-7,12H,8-11,13H2,1-4H3,(H,19,22). The number of nitrogens with one attached hydrogen (secondary N) is 1.